The number of aromatic nitrogens is 3. The van der Waals surface area contributed by atoms with Crippen LogP contribution >= 0.6 is 27.7 Å². The highest BCUT2D eigenvalue weighted by atomic mass is 79.9. The van der Waals surface area contributed by atoms with Crippen LogP contribution in [0.15, 0.2) is 55.9 Å². The molecular weight excluding hydrogens is 610 g/mol. The van der Waals surface area contributed by atoms with Gasteiger partial charge in [-0.25, -0.2) is 18.4 Å². The van der Waals surface area contributed by atoms with Gasteiger partial charge in [-0.15, -0.1) is 11.8 Å². The van der Waals surface area contributed by atoms with Crippen LogP contribution in [0.4, 0.5) is 0 Å². The first-order valence-electron chi connectivity index (χ1n) is 12.2. The van der Waals surface area contributed by atoms with Gasteiger partial charge in [-0.1, -0.05) is 15.9 Å². The highest BCUT2D eigenvalue weighted by molar-refractivity contribution is 9.10. The molecule has 3 aromatic rings. The Labute approximate surface area is 238 Å². The van der Waals surface area contributed by atoms with Gasteiger partial charge in [0.15, 0.2) is 5.96 Å². The Hall–Kier alpha value is -3.01. The number of aliphatic imine (C=N–C) groups is 1. The molecule has 39 heavy (non-hydrogen) atoms. The summed E-state index contributed by atoms with van der Waals surface area (Å²) in [7, 11) is -4.04. The number of carbonyl (C=O) groups is 2. The fraction of sp³-hybridized carbons (Fsp3) is 0.375. The van der Waals surface area contributed by atoms with Crippen molar-refractivity contribution in [2.24, 2.45) is 4.99 Å². The number of nitrogens with one attached hydrogen (secondary N) is 3. The number of sulfonamides is 1. The number of benzene rings is 1. The van der Waals surface area contributed by atoms with Crippen LogP contribution in [0.3, 0.4) is 0 Å². The number of thioether (sulfide) groups is 1. The molecule has 12 nitrogen and oxygen atoms in total. The molecule has 4 rings (SSSR count). The van der Waals surface area contributed by atoms with E-state index in [1.807, 2.05) is 16.8 Å². The lowest BCUT2D eigenvalue weighted by Crippen LogP contribution is -2.43. The third kappa shape index (κ3) is 7.77. The lowest BCUT2D eigenvalue weighted by molar-refractivity contribution is -0.138. The zero-order chi connectivity index (χ0) is 28.0. The molecule has 0 bridgehead atoms. The number of fused-ring (bicyclic) bond motifs is 1. The van der Waals surface area contributed by atoms with Crippen LogP contribution in [-0.2, 0) is 26.2 Å². The molecule has 1 aliphatic rings. The van der Waals surface area contributed by atoms with Gasteiger partial charge in [0.2, 0.25) is 15.9 Å². The molecule has 0 saturated heterocycles. The molecule has 1 aromatic carbocycles. The van der Waals surface area contributed by atoms with Gasteiger partial charge in [-0.3, -0.25) is 19.9 Å². The number of aryl methyl sites for hydroxylation is 2. The standard InChI is InChI=1S/C24H28BrN7O5S2/c1-15-28-21-18(9-13-32(21)12-2-4-20(33)30-24-26-10-3-11-27-24)22(29-15)38-14-19(23(34)35)31-39(36,37)17-7-5-16(25)6-8-17/h5-9,13,19,31H,2-4,10-12,14H2,1H3,(H,34,35)(H2,26,27,30,33)/t19-/m0/s1. The van der Waals surface area contributed by atoms with Crippen molar-refractivity contribution < 1.29 is 23.1 Å². The minimum Gasteiger partial charge on any atom is -0.480 e. The fourth-order valence-electron chi connectivity index (χ4n) is 3.84. The number of halogens is 1. The first kappa shape index (κ1) is 29.0. The molecule has 4 N–H and O–H groups in total. The Bertz CT molecular complexity index is 1490. The average Bonchev–Trinajstić information content (AvgIpc) is 3.29. The zero-order valence-electron chi connectivity index (χ0n) is 21.1. The van der Waals surface area contributed by atoms with Gasteiger partial charge in [0, 0.05) is 42.5 Å². The van der Waals surface area contributed by atoms with Gasteiger partial charge in [-0.2, -0.15) is 4.72 Å². The summed E-state index contributed by atoms with van der Waals surface area (Å²) in [6.45, 7) is 3.76. The van der Waals surface area contributed by atoms with E-state index in [4.69, 9.17) is 0 Å². The summed E-state index contributed by atoms with van der Waals surface area (Å²) in [4.78, 5) is 37.3. The van der Waals surface area contributed by atoms with E-state index in [-0.39, 0.29) is 16.6 Å². The van der Waals surface area contributed by atoms with Crippen LogP contribution in [0.1, 0.15) is 25.1 Å². The Kier molecular flexibility index (Phi) is 9.58. The molecule has 15 heteroatoms. The third-order valence-electron chi connectivity index (χ3n) is 5.76. The summed E-state index contributed by atoms with van der Waals surface area (Å²) in [5.74, 6) is -0.491. The van der Waals surface area contributed by atoms with Crippen molar-refractivity contribution in [3.05, 3.63) is 46.8 Å². The molecule has 0 fully saturated rings. The molecule has 2 aromatic heterocycles. The number of aliphatic carboxylic acids is 1. The van der Waals surface area contributed by atoms with Gasteiger partial charge in [-0.05, 0) is 50.1 Å². The van der Waals surface area contributed by atoms with Crippen LogP contribution in [0.2, 0.25) is 0 Å². The maximum absolute atomic E-state index is 12.7. The second-order valence-corrected chi connectivity index (χ2v) is 12.4. The lowest BCUT2D eigenvalue weighted by atomic mass is 10.3. The van der Waals surface area contributed by atoms with Crippen LogP contribution in [0.25, 0.3) is 11.0 Å². The first-order valence-corrected chi connectivity index (χ1v) is 15.4. The third-order valence-corrected chi connectivity index (χ3v) is 8.86. The van der Waals surface area contributed by atoms with Crippen molar-refractivity contribution in [1.82, 2.24) is 29.9 Å². The van der Waals surface area contributed by atoms with Crippen LogP contribution < -0.4 is 15.4 Å². The molecule has 0 radical (unpaired) electrons. The number of hydrogen-bond acceptors (Lipinski definition) is 9. The Balaban J connectivity index is 1.40. The van der Waals surface area contributed by atoms with Gasteiger partial charge >= 0.3 is 5.97 Å². The maximum Gasteiger partial charge on any atom is 0.322 e. The van der Waals surface area contributed by atoms with Crippen LogP contribution in [0, 0.1) is 6.92 Å². The van der Waals surface area contributed by atoms with Crippen molar-refractivity contribution in [2.75, 3.05) is 18.8 Å². The van der Waals surface area contributed by atoms with E-state index >= 15 is 0 Å². The zero-order valence-corrected chi connectivity index (χ0v) is 24.3. The second-order valence-electron chi connectivity index (χ2n) is 8.76. The van der Waals surface area contributed by atoms with Gasteiger partial charge in [0.05, 0.1) is 10.3 Å². The number of hydrogen-bond donors (Lipinski definition) is 4. The van der Waals surface area contributed by atoms with E-state index < -0.39 is 22.0 Å². The van der Waals surface area contributed by atoms with Gasteiger partial charge in [0.1, 0.15) is 22.5 Å². The van der Waals surface area contributed by atoms with Crippen molar-refractivity contribution in [3.63, 3.8) is 0 Å². The van der Waals surface area contributed by atoms with E-state index in [0.717, 1.165) is 30.1 Å². The minimum absolute atomic E-state index is 0.0315. The first-order chi connectivity index (χ1) is 18.6. The number of nitrogens with zero attached hydrogens (tertiary/aromatic N) is 4. The predicted molar refractivity (Wildman–Crippen MR) is 151 cm³/mol. The molecule has 0 spiro atoms. The topological polar surface area (TPSA) is 168 Å². The molecule has 0 aliphatic carbocycles. The number of carboxylic acids is 1. The van der Waals surface area contributed by atoms with Crippen molar-refractivity contribution in [3.8, 4) is 0 Å². The van der Waals surface area contributed by atoms with Crippen LogP contribution in [-0.4, -0.2) is 70.8 Å². The Morgan fingerprint density at radius 3 is 2.69 bits per heavy atom. The Morgan fingerprint density at radius 1 is 1.23 bits per heavy atom. The SMILES string of the molecule is Cc1nc(SC[C@H](NS(=O)(=O)c2ccc(Br)cc2)C(=O)O)c2ccn(CCCC(=O)NC3=NCCCN3)c2n1. The molecule has 1 atom stereocenters. The number of carbonyl (C=O) groups excluding carboxylic acids is 1. The number of rotatable bonds is 11. The van der Waals surface area contributed by atoms with Gasteiger partial charge < -0.3 is 15.0 Å². The molecule has 0 saturated carbocycles. The number of carboxylic acid groups (broad SMARTS) is 1. The maximum atomic E-state index is 12.7. The predicted octanol–water partition coefficient (Wildman–Crippen LogP) is 2.27. The van der Waals surface area contributed by atoms with Crippen molar-refractivity contribution >= 4 is 66.6 Å². The van der Waals surface area contributed by atoms with Crippen molar-refractivity contribution in [1.29, 1.82) is 0 Å². The average molecular weight is 639 g/mol. The Morgan fingerprint density at radius 2 is 2.00 bits per heavy atom. The minimum atomic E-state index is -4.04. The normalized spacial score (nSPS) is 14.5. The highest BCUT2D eigenvalue weighted by Gasteiger charge is 2.26. The second kappa shape index (κ2) is 12.9. The summed E-state index contributed by atoms with van der Waals surface area (Å²) >= 11 is 4.39. The summed E-state index contributed by atoms with van der Waals surface area (Å²) in [6.07, 6.45) is 3.68. The van der Waals surface area contributed by atoms with Crippen LogP contribution in [0.5, 0.6) is 0 Å². The van der Waals surface area contributed by atoms with E-state index in [2.05, 4.69) is 46.2 Å². The smallest absolute Gasteiger partial charge is 0.322 e. The van der Waals surface area contributed by atoms with E-state index in [9.17, 15) is 23.1 Å². The van der Waals surface area contributed by atoms with E-state index in [1.54, 1.807) is 19.1 Å². The largest absolute Gasteiger partial charge is 0.480 e. The van der Waals surface area contributed by atoms with E-state index in [0.29, 0.717) is 52.9 Å². The fourth-order valence-corrected chi connectivity index (χ4v) is 6.46. The number of amides is 1. The summed E-state index contributed by atoms with van der Waals surface area (Å²) < 4.78 is 30.4. The quantitative estimate of drug-likeness (QED) is 0.182. The van der Waals surface area contributed by atoms with E-state index in [1.165, 1.54) is 12.1 Å². The summed E-state index contributed by atoms with van der Waals surface area (Å²) in [5, 5.41) is 16.8. The monoisotopic (exact) mass is 637 g/mol. The van der Waals surface area contributed by atoms with Gasteiger partial charge in [0.25, 0.3) is 0 Å². The molecule has 208 valence electrons. The lowest BCUT2D eigenvalue weighted by Gasteiger charge is -2.15. The molecular formula is C24H28BrN7O5S2. The molecule has 1 amide bonds. The van der Waals surface area contributed by atoms with Crippen molar-refractivity contribution in [2.45, 2.75) is 48.7 Å². The molecule has 3 heterocycles. The highest BCUT2D eigenvalue weighted by Crippen LogP contribution is 2.27. The summed E-state index contributed by atoms with van der Waals surface area (Å²) in [5.41, 5.74) is 0.658. The summed E-state index contributed by atoms with van der Waals surface area (Å²) in [6, 6.07) is 6.38. The number of guanidine groups is 1. The molecule has 0 unspecified atom stereocenters. The molecule has 1 aliphatic heterocycles.